The zero-order valence-electron chi connectivity index (χ0n) is 21.2. The van der Waals surface area contributed by atoms with Crippen molar-refractivity contribution in [3.05, 3.63) is 41.7 Å². The molecule has 0 spiro atoms. The van der Waals surface area contributed by atoms with Gasteiger partial charge in [-0.15, -0.1) is 0 Å². The molecular formula is C25H32FN3O6S2. The van der Waals surface area contributed by atoms with Crippen LogP contribution in [0.1, 0.15) is 18.9 Å². The van der Waals surface area contributed by atoms with E-state index < -0.39 is 15.8 Å². The first kappa shape index (κ1) is 27.6. The molecule has 2 aromatic carbocycles. The smallest absolute Gasteiger partial charge is 0.243 e. The van der Waals surface area contributed by atoms with Gasteiger partial charge in [-0.1, -0.05) is 11.8 Å². The van der Waals surface area contributed by atoms with Crippen molar-refractivity contribution < 1.29 is 31.8 Å². The van der Waals surface area contributed by atoms with E-state index in [4.69, 9.17) is 23.9 Å². The summed E-state index contributed by atoms with van der Waals surface area (Å²) in [7, 11) is -0.686. The van der Waals surface area contributed by atoms with Crippen LogP contribution < -0.4 is 9.47 Å². The van der Waals surface area contributed by atoms with Crippen LogP contribution >= 0.6 is 11.8 Å². The van der Waals surface area contributed by atoms with Crippen molar-refractivity contribution in [1.82, 2.24) is 13.9 Å². The van der Waals surface area contributed by atoms with E-state index in [2.05, 4.69) is 0 Å². The Hall–Kier alpha value is -2.38. The molecule has 4 rings (SSSR count). The molecule has 1 aliphatic rings. The molecule has 0 saturated carbocycles. The number of morpholine rings is 1. The lowest BCUT2D eigenvalue weighted by Gasteiger charge is -2.26. The van der Waals surface area contributed by atoms with Crippen molar-refractivity contribution in [2.45, 2.75) is 35.7 Å². The maximum Gasteiger partial charge on any atom is 0.243 e. The minimum Gasteiger partial charge on any atom is -0.493 e. The molecule has 1 fully saturated rings. The number of halogens is 1. The van der Waals surface area contributed by atoms with Crippen molar-refractivity contribution in [2.24, 2.45) is 0 Å². The maximum atomic E-state index is 14.7. The van der Waals surface area contributed by atoms with E-state index in [1.165, 1.54) is 36.4 Å². The Balaban J connectivity index is 1.64. The first-order chi connectivity index (χ1) is 17.9. The molecule has 0 amide bonds. The highest BCUT2D eigenvalue weighted by Gasteiger charge is 2.27. The van der Waals surface area contributed by atoms with Crippen LogP contribution in [-0.2, 0) is 31.8 Å². The van der Waals surface area contributed by atoms with Gasteiger partial charge in [-0.05, 0) is 37.6 Å². The second kappa shape index (κ2) is 12.4. The highest BCUT2D eigenvalue weighted by atomic mass is 32.2. The molecule has 37 heavy (non-hydrogen) atoms. The zero-order chi connectivity index (χ0) is 26.4. The predicted octanol–water partition coefficient (Wildman–Crippen LogP) is 3.93. The number of fused-ring (bicyclic) bond motifs is 1. The van der Waals surface area contributed by atoms with Crippen molar-refractivity contribution in [3.8, 4) is 11.5 Å². The summed E-state index contributed by atoms with van der Waals surface area (Å²) in [6.07, 6.45) is 0.755. The Labute approximate surface area is 220 Å². The molecule has 12 heteroatoms. The second-order valence-electron chi connectivity index (χ2n) is 8.35. The van der Waals surface area contributed by atoms with Gasteiger partial charge in [0.1, 0.15) is 5.82 Å². The molecule has 0 radical (unpaired) electrons. The summed E-state index contributed by atoms with van der Waals surface area (Å²) in [4.78, 5) is 4.95. The molecular weight excluding hydrogens is 521 g/mol. The number of methoxy groups -OCH3 is 2. The topological polar surface area (TPSA) is 92.1 Å². The predicted molar refractivity (Wildman–Crippen MR) is 139 cm³/mol. The van der Waals surface area contributed by atoms with Gasteiger partial charge in [-0.25, -0.2) is 17.8 Å². The highest BCUT2D eigenvalue weighted by Crippen LogP contribution is 2.34. The van der Waals surface area contributed by atoms with Crippen LogP contribution in [0.2, 0.25) is 0 Å². The molecule has 202 valence electrons. The van der Waals surface area contributed by atoms with Gasteiger partial charge in [0.05, 0.1) is 43.4 Å². The van der Waals surface area contributed by atoms with Crippen LogP contribution in [0.15, 0.2) is 40.4 Å². The number of imidazole rings is 1. The summed E-state index contributed by atoms with van der Waals surface area (Å²) in [6.45, 7) is 5.20. The molecule has 0 bridgehead atoms. The van der Waals surface area contributed by atoms with E-state index in [1.807, 2.05) is 11.5 Å². The number of thioether (sulfide) groups is 1. The summed E-state index contributed by atoms with van der Waals surface area (Å²) in [5, 5.41) is 0.668. The van der Waals surface area contributed by atoms with E-state index in [-0.39, 0.29) is 4.90 Å². The van der Waals surface area contributed by atoms with Crippen LogP contribution in [-0.4, -0.2) is 76.0 Å². The number of ether oxygens (including phenoxy) is 4. The normalized spacial score (nSPS) is 14.8. The van der Waals surface area contributed by atoms with E-state index >= 15 is 0 Å². The number of sulfonamides is 1. The van der Waals surface area contributed by atoms with Gasteiger partial charge in [0, 0.05) is 50.2 Å². The van der Waals surface area contributed by atoms with Crippen LogP contribution in [0, 0.1) is 5.82 Å². The molecule has 9 nitrogen and oxygen atoms in total. The first-order valence-electron chi connectivity index (χ1n) is 12.1. The Morgan fingerprint density at radius 1 is 1.11 bits per heavy atom. The van der Waals surface area contributed by atoms with E-state index in [0.29, 0.717) is 79.6 Å². The zero-order valence-corrected chi connectivity index (χ0v) is 22.9. The monoisotopic (exact) mass is 553 g/mol. The number of benzene rings is 2. The van der Waals surface area contributed by atoms with Gasteiger partial charge >= 0.3 is 0 Å². The first-order valence-corrected chi connectivity index (χ1v) is 14.5. The molecule has 2 heterocycles. The number of hydrogen-bond donors (Lipinski definition) is 0. The lowest BCUT2D eigenvalue weighted by atomic mass is 10.2. The Bertz CT molecular complexity index is 1330. The minimum absolute atomic E-state index is 0.198. The van der Waals surface area contributed by atoms with Gasteiger partial charge in [0.15, 0.2) is 16.7 Å². The molecule has 3 aromatic rings. The van der Waals surface area contributed by atoms with Crippen LogP contribution in [0.25, 0.3) is 11.0 Å². The summed E-state index contributed by atoms with van der Waals surface area (Å²) >= 11 is 1.38. The van der Waals surface area contributed by atoms with Gasteiger partial charge in [0.25, 0.3) is 0 Å². The van der Waals surface area contributed by atoms with Crippen molar-refractivity contribution >= 4 is 32.8 Å². The molecule has 1 aliphatic heterocycles. The number of nitrogens with zero attached hydrogens (tertiary/aromatic N) is 3. The van der Waals surface area contributed by atoms with Crippen LogP contribution in [0.4, 0.5) is 4.39 Å². The van der Waals surface area contributed by atoms with Crippen molar-refractivity contribution in [3.63, 3.8) is 0 Å². The third kappa shape index (κ3) is 6.20. The SMILES string of the molecule is CCOCCCn1c(SCc2cc(OC)c(OC)cc2F)nc2cc(S(=O)(=O)N3CCOCC3)ccc21. The van der Waals surface area contributed by atoms with Crippen molar-refractivity contribution in [2.75, 3.05) is 53.7 Å². The lowest BCUT2D eigenvalue weighted by molar-refractivity contribution is 0.0730. The molecule has 0 N–H and O–H groups in total. The fraction of sp³-hybridized carbons (Fsp3) is 0.480. The summed E-state index contributed by atoms with van der Waals surface area (Å²) < 4.78 is 65.9. The molecule has 1 aromatic heterocycles. The maximum absolute atomic E-state index is 14.7. The van der Waals surface area contributed by atoms with Crippen LogP contribution in [0.3, 0.4) is 0 Å². The average molecular weight is 554 g/mol. The number of hydrogen-bond acceptors (Lipinski definition) is 8. The summed E-state index contributed by atoms with van der Waals surface area (Å²) in [5.41, 5.74) is 1.83. The Morgan fingerprint density at radius 2 is 1.84 bits per heavy atom. The van der Waals surface area contributed by atoms with E-state index in [9.17, 15) is 12.8 Å². The summed E-state index contributed by atoms with van der Waals surface area (Å²) in [5.74, 6) is 0.677. The summed E-state index contributed by atoms with van der Waals surface area (Å²) in [6, 6.07) is 7.95. The Kier molecular flexibility index (Phi) is 9.30. The third-order valence-corrected chi connectivity index (χ3v) is 9.00. The molecule has 0 atom stereocenters. The van der Waals surface area contributed by atoms with Crippen LogP contribution in [0.5, 0.6) is 11.5 Å². The molecule has 1 saturated heterocycles. The van der Waals surface area contributed by atoms with E-state index in [1.54, 1.807) is 24.3 Å². The fourth-order valence-corrected chi connectivity index (χ4v) is 6.57. The van der Waals surface area contributed by atoms with Gasteiger partial charge < -0.3 is 23.5 Å². The largest absolute Gasteiger partial charge is 0.493 e. The van der Waals surface area contributed by atoms with Gasteiger partial charge in [0.2, 0.25) is 10.0 Å². The van der Waals surface area contributed by atoms with Gasteiger partial charge in [-0.3, -0.25) is 0 Å². The quantitative estimate of drug-likeness (QED) is 0.246. The highest BCUT2D eigenvalue weighted by molar-refractivity contribution is 7.98. The van der Waals surface area contributed by atoms with Crippen molar-refractivity contribution in [1.29, 1.82) is 0 Å². The second-order valence-corrected chi connectivity index (χ2v) is 11.2. The Morgan fingerprint density at radius 3 is 2.54 bits per heavy atom. The number of rotatable bonds is 12. The standard InChI is InChI=1S/C25H32FN3O6S2/c1-4-34-11-5-8-29-22-7-6-19(37(30,31)28-9-12-35-13-10-28)15-21(22)27-25(29)36-17-18-14-23(32-2)24(33-3)16-20(18)26/h6-7,14-16H,4-5,8-13,17H2,1-3H3. The molecule has 0 aliphatic carbocycles. The lowest BCUT2D eigenvalue weighted by Crippen LogP contribution is -2.40. The molecule has 0 unspecified atom stereocenters. The van der Waals surface area contributed by atoms with Gasteiger partial charge in [-0.2, -0.15) is 4.31 Å². The average Bonchev–Trinajstić information content (AvgIpc) is 3.27. The van der Waals surface area contributed by atoms with E-state index in [0.717, 1.165) is 11.9 Å². The fourth-order valence-electron chi connectivity index (χ4n) is 4.13. The number of aryl methyl sites for hydroxylation is 1. The minimum atomic E-state index is -3.65. The number of aromatic nitrogens is 2. The third-order valence-electron chi connectivity index (χ3n) is 6.08.